The van der Waals surface area contributed by atoms with Gasteiger partial charge in [-0.25, -0.2) is 4.79 Å². The lowest BCUT2D eigenvalue weighted by atomic mass is 9.93. The first-order valence-corrected chi connectivity index (χ1v) is 13.9. The Labute approximate surface area is 192 Å². The Hall–Kier alpha value is -1.91. The molecule has 1 aromatic rings. The van der Waals surface area contributed by atoms with E-state index in [1.54, 1.807) is 0 Å². The van der Waals surface area contributed by atoms with Gasteiger partial charge < -0.3 is 14.1 Å². The SMILES string of the molecule is C[SiH](OC1=CC2(CCN(C(=O)OC(C)(C)C)CC2)Sc2ccc(C#N)cc21)C(C)(C)C. The molecule has 1 saturated heterocycles. The number of likely N-dealkylation sites (tertiary alicyclic amines) is 1. The minimum atomic E-state index is -1.52. The number of benzene rings is 1. The fraction of sp³-hybridized carbons (Fsp3) is 0.583. The molecule has 168 valence electrons. The van der Waals surface area contributed by atoms with Crippen molar-refractivity contribution in [3.63, 3.8) is 0 Å². The Kier molecular flexibility index (Phi) is 6.55. The van der Waals surface area contributed by atoms with Crippen LogP contribution in [0.5, 0.6) is 0 Å². The van der Waals surface area contributed by atoms with Crippen molar-refractivity contribution in [1.29, 1.82) is 5.26 Å². The Balaban J connectivity index is 1.86. The summed E-state index contributed by atoms with van der Waals surface area (Å²) in [6, 6.07) is 8.12. The van der Waals surface area contributed by atoms with Gasteiger partial charge in [0.1, 0.15) is 11.4 Å². The molecule has 1 aromatic carbocycles. The summed E-state index contributed by atoms with van der Waals surface area (Å²) in [7, 11) is -1.52. The predicted octanol–water partition coefficient (Wildman–Crippen LogP) is 5.94. The minimum absolute atomic E-state index is 0.110. The molecular formula is C24H34N2O3SSi. The van der Waals surface area contributed by atoms with Crippen molar-refractivity contribution in [2.45, 2.75) is 81.2 Å². The summed E-state index contributed by atoms with van der Waals surface area (Å²) in [6.07, 6.45) is 3.71. The summed E-state index contributed by atoms with van der Waals surface area (Å²) in [4.78, 5) is 15.5. The molecule has 2 heterocycles. The number of nitrogens with zero attached hydrogens (tertiary/aromatic N) is 2. The van der Waals surface area contributed by atoms with Gasteiger partial charge in [0.05, 0.1) is 11.6 Å². The maximum atomic E-state index is 12.5. The quantitative estimate of drug-likeness (QED) is 0.513. The first-order valence-electron chi connectivity index (χ1n) is 10.9. The fourth-order valence-corrected chi connectivity index (χ4v) is 5.88. The van der Waals surface area contributed by atoms with E-state index in [2.05, 4.69) is 39.5 Å². The maximum absolute atomic E-state index is 12.5. The van der Waals surface area contributed by atoms with E-state index in [0.29, 0.717) is 18.7 Å². The number of hydrogen-bond donors (Lipinski definition) is 0. The monoisotopic (exact) mass is 458 g/mol. The van der Waals surface area contributed by atoms with E-state index in [4.69, 9.17) is 9.16 Å². The second-order valence-electron chi connectivity index (χ2n) is 10.6. The second kappa shape index (κ2) is 8.55. The van der Waals surface area contributed by atoms with Crippen LogP contribution in [0.25, 0.3) is 5.76 Å². The summed E-state index contributed by atoms with van der Waals surface area (Å²) >= 11 is 1.84. The molecule has 0 N–H and O–H groups in total. The molecule has 0 aliphatic carbocycles. The van der Waals surface area contributed by atoms with Crippen molar-refractivity contribution < 1.29 is 14.0 Å². The Morgan fingerprint density at radius 1 is 1.19 bits per heavy atom. The number of rotatable bonds is 2. The first-order chi connectivity index (χ1) is 14.3. The topological polar surface area (TPSA) is 62.6 Å². The van der Waals surface area contributed by atoms with Crippen molar-refractivity contribution in [3.8, 4) is 6.07 Å². The van der Waals surface area contributed by atoms with Crippen LogP contribution in [-0.2, 0) is 9.16 Å². The third-order valence-corrected chi connectivity index (χ3v) is 10.4. The maximum Gasteiger partial charge on any atom is 0.410 e. The number of carbonyl (C=O) groups is 1. The number of nitriles is 1. The zero-order valence-corrected chi connectivity index (χ0v) is 21.7. The largest absolute Gasteiger partial charge is 0.546 e. The molecule has 2 aliphatic rings. The van der Waals surface area contributed by atoms with Crippen molar-refractivity contribution in [1.82, 2.24) is 4.90 Å². The molecule has 1 amide bonds. The Bertz CT molecular complexity index is 916. The molecule has 1 atom stereocenters. The van der Waals surface area contributed by atoms with Gasteiger partial charge in [-0.1, -0.05) is 20.8 Å². The number of amides is 1. The second-order valence-corrected chi connectivity index (χ2v) is 15.3. The molecule has 0 radical (unpaired) electrons. The Morgan fingerprint density at radius 3 is 2.39 bits per heavy atom. The zero-order valence-electron chi connectivity index (χ0n) is 19.7. The highest BCUT2D eigenvalue weighted by Gasteiger charge is 2.41. The van der Waals surface area contributed by atoms with Crippen molar-refractivity contribution in [2.24, 2.45) is 0 Å². The average molecular weight is 459 g/mol. The van der Waals surface area contributed by atoms with Crippen LogP contribution in [0.1, 0.15) is 65.5 Å². The summed E-state index contributed by atoms with van der Waals surface area (Å²) in [6.45, 7) is 15.9. The highest BCUT2D eigenvalue weighted by Crippen LogP contribution is 2.50. The number of fused-ring (bicyclic) bond motifs is 1. The Morgan fingerprint density at radius 2 is 1.84 bits per heavy atom. The third-order valence-electron chi connectivity index (χ3n) is 5.87. The first kappa shape index (κ1) is 23.7. The van der Waals surface area contributed by atoms with Crippen LogP contribution in [0.15, 0.2) is 29.2 Å². The number of hydrogen-bond acceptors (Lipinski definition) is 5. The van der Waals surface area contributed by atoms with Crippen LogP contribution >= 0.6 is 11.8 Å². The molecule has 31 heavy (non-hydrogen) atoms. The van der Waals surface area contributed by atoms with E-state index in [1.807, 2.05) is 55.6 Å². The van der Waals surface area contributed by atoms with Crippen LogP contribution in [0.3, 0.4) is 0 Å². The lowest BCUT2D eigenvalue weighted by molar-refractivity contribution is 0.0207. The van der Waals surface area contributed by atoms with Gasteiger partial charge in [-0.3, -0.25) is 0 Å². The van der Waals surface area contributed by atoms with Gasteiger partial charge in [0, 0.05) is 28.3 Å². The van der Waals surface area contributed by atoms with E-state index in [0.717, 1.165) is 29.1 Å². The minimum Gasteiger partial charge on any atom is -0.546 e. The van der Waals surface area contributed by atoms with E-state index in [1.165, 1.54) is 0 Å². The van der Waals surface area contributed by atoms with Crippen LogP contribution < -0.4 is 0 Å². The molecule has 3 rings (SSSR count). The fourth-order valence-electron chi connectivity index (χ4n) is 3.55. The van der Waals surface area contributed by atoms with Crippen molar-refractivity contribution in [3.05, 3.63) is 35.4 Å². The highest BCUT2D eigenvalue weighted by molar-refractivity contribution is 8.01. The normalized spacial score (nSPS) is 19.2. The van der Waals surface area contributed by atoms with Gasteiger partial charge in [0.25, 0.3) is 0 Å². The smallest absolute Gasteiger partial charge is 0.410 e. The van der Waals surface area contributed by atoms with E-state index >= 15 is 0 Å². The number of carbonyl (C=O) groups excluding carboxylic acids is 1. The molecule has 1 spiro atoms. The molecule has 1 unspecified atom stereocenters. The molecule has 5 nitrogen and oxygen atoms in total. The van der Waals surface area contributed by atoms with Gasteiger partial charge in [-0.2, -0.15) is 5.26 Å². The summed E-state index contributed by atoms with van der Waals surface area (Å²) < 4.78 is 12.1. The van der Waals surface area contributed by atoms with Gasteiger partial charge in [0.15, 0.2) is 0 Å². The molecular weight excluding hydrogens is 424 g/mol. The van der Waals surface area contributed by atoms with E-state index < -0.39 is 14.6 Å². The number of ether oxygens (including phenoxy) is 1. The summed E-state index contributed by atoms with van der Waals surface area (Å²) in [5.41, 5.74) is 1.18. The van der Waals surface area contributed by atoms with Gasteiger partial charge in [-0.15, -0.1) is 11.8 Å². The summed E-state index contributed by atoms with van der Waals surface area (Å²) in [5, 5.41) is 9.51. The zero-order chi connectivity index (χ0) is 23.0. The summed E-state index contributed by atoms with van der Waals surface area (Å²) in [5.74, 6) is 0.908. The van der Waals surface area contributed by atoms with Crippen LogP contribution in [-0.4, -0.2) is 43.5 Å². The van der Waals surface area contributed by atoms with Crippen LogP contribution in [0.4, 0.5) is 4.79 Å². The lowest BCUT2D eigenvalue weighted by Crippen LogP contribution is -2.46. The average Bonchev–Trinajstić information content (AvgIpc) is 2.66. The van der Waals surface area contributed by atoms with Crippen molar-refractivity contribution >= 4 is 32.7 Å². The highest BCUT2D eigenvalue weighted by atomic mass is 32.2. The predicted molar refractivity (Wildman–Crippen MR) is 129 cm³/mol. The third kappa shape index (κ3) is 5.66. The van der Waals surface area contributed by atoms with Gasteiger partial charge in [-0.05, 0) is 69.5 Å². The van der Waals surface area contributed by atoms with E-state index in [9.17, 15) is 10.1 Å². The van der Waals surface area contributed by atoms with Crippen molar-refractivity contribution in [2.75, 3.05) is 13.1 Å². The molecule has 0 bridgehead atoms. The number of piperidine rings is 1. The van der Waals surface area contributed by atoms with Crippen LogP contribution in [0, 0.1) is 11.3 Å². The van der Waals surface area contributed by atoms with Gasteiger partial charge in [0.2, 0.25) is 9.04 Å². The molecule has 1 fully saturated rings. The van der Waals surface area contributed by atoms with E-state index in [-0.39, 0.29) is 15.9 Å². The van der Waals surface area contributed by atoms with Crippen LogP contribution in [0.2, 0.25) is 11.6 Å². The number of thioether (sulfide) groups is 1. The van der Waals surface area contributed by atoms with Gasteiger partial charge >= 0.3 is 6.09 Å². The molecule has 0 saturated carbocycles. The molecule has 2 aliphatic heterocycles. The molecule has 0 aromatic heterocycles. The standard InChI is InChI=1S/C24H34N2O3SSi/c1-22(2,3)28-21(27)26-12-10-24(11-13-26)15-19(29-31(7)23(4,5)6)18-14-17(16-25)8-9-20(18)30-24/h8-9,14-15,31H,10-13H2,1-7H3. The lowest BCUT2D eigenvalue weighted by Gasteiger charge is -2.43. The molecule has 7 heteroatoms.